The molecule has 0 atom stereocenters. The Balaban J connectivity index is 2.76. The molecule has 1 fully saturated rings. The molecule has 1 aliphatic rings. The lowest BCUT2D eigenvalue weighted by Crippen LogP contribution is -2.63. The minimum Gasteiger partial charge on any atom is -0.465 e. The van der Waals surface area contributed by atoms with E-state index in [1.165, 1.54) is 0 Å². The number of nitrogens with two attached hydrogens (primary N) is 1. The van der Waals surface area contributed by atoms with Gasteiger partial charge in [-0.15, -0.1) is 0 Å². The average molecular weight is 179 g/mol. The zero-order chi connectivity index (χ0) is 9.41. The Morgan fingerprint density at radius 1 is 1.58 bits per heavy atom. The molecule has 1 rings (SSSR count). The lowest BCUT2D eigenvalue weighted by atomic mass is 9.73. The van der Waals surface area contributed by atoms with Crippen molar-refractivity contribution in [1.82, 2.24) is 0 Å². The Kier molecular flexibility index (Phi) is 2.07. The zero-order valence-electron chi connectivity index (χ0n) is 6.77. The maximum atomic E-state index is 13.0. The van der Waals surface area contributed by atoms with Gasteiger partial charge in [-0.2, -0.15) is 8.78 Å². The molecule has 0 radical (unpaired) electrons. The van der Waals surface area contributed by atoms with Gasteiger partial charge in [-0.05, 0) is 19.3 Å². The van der Waals surface area contributed by atoms with Gasteiger partial charge in [0.2, 0.25) is 0 Å². The Hall–Kier alpha value is -0.710. The van der Waals surface area contributed by atoms with E-state index in [1.807, 2.05) is 0 Å². The second-order valence-electron chi connectivity index (χ2n) is 3.08. The molecule has 2 N–H and O–H groups in total. The molecule has 70 valence electrons. The van der Waals surface area contributed by atoms with Crippen LogP contribution in [-0.4, -0.2) is 24.5 Å². The molecule has 0 aromatic heterocycles. The fourth-order valence-corrected chi connectivity index (χ4v) is 1.20. The van der Waals surface area contributed by atoms with Gasteiger partial charge in [0.25, 0.3) is 0 Å². The van der Waals surface area contributed by atoms with Gasteiger partial charge >= 0.3 is 11.9 Å². The predicted octanol–water partition coefficient (Wildman–Crippen LogP) is 0.676. The average Bonchev–Trinajstić information content (AvgIpc) is 1.98. The number of halogens is 2. The molecular formula is C7H11F2NO2. The molecule has 0 saturated heterocycles. The van der Waals surface area contributed by atoms with E-state index in [2.05, 4.69) is 4.74 Å². The fraction of sp³-hybridized carbons (Fsp3) is 0.857. The van der Waals surface area contributed by atoms with Gasteiger partial charge in [-0.25, -0.2) is 4.79 Å². The molecule has 0 amide bonds. The van der Waals surface area contributed by atoms with E-state index in [0.717, 1.165) is 7.11 Å². The Morgan fingerprint density at radius 2 is 2.08 bits per heavy atom. The highest BCUT2D eigenvalue weighted by Gasteiger charge is 2.60. The minimum atomic E-state index is -3.54. The summed E-state index contributed by atoms with van der Waals surface area (Å²) in [5.74, 6) is -5.08. The molecular weight excluding hydrogens is 168 g/mol. The molecule has 0 heterocycles. The SMILES string of the molecule is COC(=O)C(F)(F)C1(N)CCC1. The molecule has 0 bridgehead atoms. The van der Waals surface area contributed by atoms with Crippen LogP contribution in [0.5, 0.6) is 0 Å². The van der Waals surface area contributed by atoms with Crippen LogP contribution in [0.2, 0.25) is 0 Å². The van der Waals surface area contributed by atoms with Crippen LogP contribution >= 0.6 is 0 Å². The first-order chi connectivity index (χ1) is 5.44. The van der Waals surface area contributed by atoms with Crippen LogP contribution in [0.25, 0.3) is 0 Å². The van der Waals surface area contributed by atoms with Crippen molar-refractivity contribution < 1.29 is 18.3 Å². The summed E-state index contributed by atoms with van der Waals surface area (Å²) < 4.78 is 30.1. The van der Waals surface area contributed by atoms with Crippen LogP contribution in [-0.2, 0) is 9.53 Å². The number of hydrogen-bond acceptors (Lipinski definition) is 3. The van der Waals surface area contributed by atoms with E-state index in [4.69, 9.17) is 5.73 Å². The quantitative estimate of drug-likeness (QED) is 0.634. The maximum absolute atomic E-state index is 13.0. The predicted molar refractivity (Wildman–Crippen MR) is 37.7 cm³/mol. The van der Waals surface area contributed by atoms with Crippen LogP contribution in [0, 0.1) is 0 Å². The van der Waals surface area contributed by atoms with Crippen LogP contribution in [0.15, 0.2) is 0 Å². The molecule has 3 nitrogen and oxygen atoms in total. The summed E-state index contributed by atoms with van der Waals surface area (Å²) in [7, 11) is 0.929. The van der Waals surface area contributed by atoms with Crippen molar-refractivity contribution in [1.29, 1.82) is 0 Å². The van der Waals surface area contributed by atoms with Gasteiger partial charge < -0.3 is 10.5 Å². The highest BCUT2D eigenvalue weighted by atomic mass is 19.3. The van der Waals surface area contributed by atoms with E-state index >= 15 is 0 Å². The van der Waals surface area contributed by atoms with Gasteiger partial charge in [0, 0.05) is 0 Å². The first kappa shape index (κ1) is 9.38. The van der Waals surface area contributed by atoms with E-state index in [-0.39, 0.29) is 12.8 Å². The summed E-state index contributed by atoms with van der Waals surface area (Å²) in [6.45, 7) is 0. The van der Waals surface area contributed by atoms with Gasteiger partial charge in [-0.1, -0.05) is 0 Å². The van der Waals surface area contributed by atoms with Gasteiger partial charge in [0.15, 0.2) is 0 Å². The summed E-state index contributed by atoms with van der Waals surface area (Å²) >= 11 is 0. The second-order valence-corrected chi connectivity index (χ2v) is 3.08. The Labute approximate surface area is 68.9 Å². The van der Waals surface area contributed by atoms with Gasteiger partial charge in [-0.3, -0.25) is 0 Å². The number of alkyl halides is 2. The third kappa shape index (κ3) is 1.08. The molecule has 12 heavy (non-hydrogen) atoms. The molecule has 5 heteroatoms. The van der Waals surface area contributed by atoms with E-state index in [9.17, 15) is 13.6 Å². The molecule has 1 saturated carbocycles. The summed E-state index contributed by atoms with van der Waals surface area (Å²) in [4.78, 5) is 10.6. The number of ether oxygens (including phenoxy) is 1. The van der Waals surface area contributed by atoms with Crippen LogP contribution in [0.1, 0.15) is 19.3 Å². The van der Waals surface area contributed by atoms with Crippen molar-refractivity contribution in [2.75, 3.05) is 7.11 Å². The number of carbonyl (C=O) groups excluding carboxylic acids is 1. The zero-order valence-corrected chi connectivity index (χ0v) is 6.77. The van der Waals surface area contributed by atoms with Crippen molar-refractivity contribution in [3.63, 3.8) is 0 Å². The van der Waals surface area contributed by atoms with E-state index < -0.39 is 17.4 Å². The van der Waals surface area contributed by atoms with Crippen LogP contribution in [0.3, 0.4) is 0 Å². The number of rotatable bonds is 2. The first-order valence-corrected chi connectivity index (χ1v) is 3.69. The van der Waals surface area contributed by atoms with Crippen molar-refractivity contribution in [2.45, 2.75) is 30.7 Å². The third-order valence-electron chi connectivity index (χ3n) is 2.31. The van der Waals surface area contributed by atoms with Crippen molar-refractivity contribution >= 4 is 5.97 Å². The number of esters is 1. The van der Waals surface area contributed by atoms with Crippen molar-refractivity contribution in [3.8, 4) is 0 Å². The Bertz CT molecular complexity index is 202. The highest BCUT2D eigenvalue weighted by molar-refractivity contribution is 5.79. The molecule has 0 spiro atoms. The molecule has 0 unspecified atom stereocenters. The van der Waals surface area contributed by atoms with E-state index in [0.29, 0.717) is 6.42 Å². The Morgan fingerprint density at radius 3 is 2.33 bits per heavy atom. The number of carbonyl (C=O) groups is 1. The molecule has 0 aliphatic heterocycles. The highest BCUT2D eigenvalue weighted by Crippen LogP contribution is 2.42. The van der Waals surface area contributed by atoms with E-state index in [1.54, 1.807) is 0 Å². The van der Waals surface area contributed by atoms with Crippen molar-refractivity contribution in [2.24, 2.45) is 5.73 Å². The monoisotopic (exact) mass is 179 g/mol. The molecule has 0 aromatic carbocycles. The second kappa shape index (κ2) is 2.65. The molecule has 1 aliphatic carbocycles. The van der Waals surface area contributed by atoms with Gasteiger partial charge in [0.1, 0.15) is 0 Å². The molecule has 0 aromatic rings. The largest absolute Gasteiger partial charge is 0.465 e. The van der Waals surface area contributed by atoms with Crippen LogP contribution < -0.4 is 5.73 Å². The fourth-order valence-electron chi connectivity index (χ4n) is 1.20. The normalized spacial score (nSPS) is 21.3. The lowest BCUT2D eigenvalue weighted by molar-refractivity contribution is -0.186. The number of methoxy groups -OCH3 is 1. The summed E-state index contributed by atoms with van der Waals surface area (Å²) in [5, 5.41) is 0. The first-order valence-electron chi connectivity index (χ1n) is 3.69. The summed E-state index contributed by atoms with van der Waals surface area (Å²) in [6, 6.07) is 0. The van der Waals surface area contributed by atoms with Gasteiger partial charge in [0.05, 0.1) is 12.6 Å². The smallest absolute Gasteiger partial charge is 0.378 e. The maximum Gasteiger partial charge on any atom is 0.378 e. The number of hydrogen-bond donors (Lipinski definition) is 1. The third-order valence-corrected chi connectivity index (χ3v) is 2.31. The topological polar surface area (TPSA) is 52.3 Å². The van der Waals surface area contributed by atoms with Crippen LogP contribution in [0.4, 0.5) is 8.78 Å². The lowest BCUT2D eigenvalue weighted by Gasteiger charge is -2.42. The summed E-state index contributed by atoms with van der Waals surface area (Å²) in [6.07, 6.45) is 0.993. The standard InChI is InChI=1S/C7H11F2NO2/c1-12-5(11)7(8,9)6(10)3-2-4-6/h2-4,10H2,1H3. The summed E-state index contributed by atoms with van der Waals surface area (Å²) in [5.41, 5.74) is 3.64. The van der Waals surface area contributed by atoms with Crippen molar-refractivity contribution in [3.05, 3.63) is 0 Å². The minimum absolute atomic E-state index is 0.176.